The molecule has 0 atom stereocenters. The zero-order valence-corrected chi connectivity index (χ0v) is 17.4. The molecule has 0 aliphatic heterocycles. The second kappa shape index (κ2) is 9.71. The quantitative estimate of drug-likeness (QED) is 0.528. The van der Waals surface area contributed by atoms with Crippen LogP contribution in [0.5, 0.6) is 0 Å². The van der Waals surface area contributed by atoms with E-state index in [0.29, 0.717) is 18.7 Å². The molecule has 170 valence electrons. The maximum atomic E-state index is 13.9. The molecule has 8 nitrogen and oxygen atoms in total. The number of benzene rings is 1. The van der Waals surface area contributed by atoms with Crippen LogP contribution >= 0.6 is 0 Å². The van der Waals surface area contributed by atoms with Crippen molar-refractivity contribution in [1.29, 1.82) is 0 Å². The number of carbonyl (C=O) groups is 1. The lowest BCUT2D eigenvalue weighted by molar-refractivity contribution is -0.141. The number of rotatable bonds is 8. The fourth-order valence-electron chi connectivity index (χ4n) is 3.07. The van der Waals surface area contributed by atoms with E-state index in [4.69, 9.17) is 0 Å². The van der Waals surface area contributed by atoms with Gasteiger partial charge in [-0.2, -0.15) is 28.2 Å². The van der Waals surface area contributed by atoms with Crippen molar-refractivity contribution in [3.8, 4) is 5.69 Å². The van der Waals surface area contributed by atoms with Crippen LogP contribution in [0.4, 0.5) is 23.4 Å². The lowest BCUT2D eigenvalue weighted by atomic mass is 10.1. The van der Waals surface area contributed by atoms with E-state index >= 15 is 0 Å². The summed E-state index contributed by atoms with van der Waals surface area (Å²) in [6.07, 6.45) is -1.10. The van der Waals surface area contributed by atoms with Crippen LogP contribution in [0.1, 0.15) is 35.2 Å². The Labute approximate surface area is 181 Å². The predicted octanol–water partition coefficient (Wildman–Crippen LogP) is 3.49. The summed E-state index contributed by atoms with van der Waals surface area (Å²) in [6, 6.07) is 4.54. The Balaban J connectivity index is 1.77. The van der Waals surface area contributed by atoms with E-state index in [9.17, 15) is 22.4 Å². The monoisotopic (exact) mass is 451 g/mol. The van der Waals surface area contributed by atoms with Crippen molar-refractivity contribution in [2.24, 2.45) is 0 Å². The number of hydrogen-bond acceptors (Lipinski definition) is 6. The summed E-state index contributed by atoms with van der Waals surface area (Å²) in [6.45, 7) is 3.88. The molecule has 0 aliphatic carbocycles. The van der Waals surface area contributed by atoms with Gasteiger partial charge in [-0.1, -0.05) is 6.92 Å². The van der Waals surface area contributed by atoms with Crippen LogP contribution in [0.2, 0.25) is 0 Å². The van der Waals surface area contributed by atoms with Gasteiger partial charge in [0.05, 0.1) is 23.6 Å². The third-order valence-corrected chi connectivity index (χ3v) is 4.42. The first kappa shape index (κ1) is 23.1. The third kappa shape index (κ3) is 5.56. The fraction of sp³-hybridized carbons (Fsp3) is 0.350. The molecule has 12 heteroatoms. The number of halogens is 4. The predicted molar refractivity (Wildman–Crippen MR) is 108 cm³/mol. The molecule has 32 heavy (non-hydrogen) atoms. The Bertz CT molecular complexity index is 1070. The Morgan fingerprint density at radius 3 is 2.50 bits per heavy atom. The molecule has 1 aromatic carbocycles. The Morgan fingerprint density at radius 2 is 1.84 bits per heavy atom. The lowest BCUT2D eigenvalue weighted by Gasteiger charge is -2.23. The van der Waals surface area contributed by atoms with Crippen molar-refractivity contribution in [1.82, 2.24) is 29.9 Å². The van der Waals surface area contributed by atoms with Gasteiger partial charge in [0.2, 0.25) is 0 Å². The molecule has 2 heterocycles. The molecule has 0 radical (unpaired) electrons. The van der Waals surface area contributed by atoms with Gasteiger partial charge in [0.25, 0.3) is 5.91 Å². The van der Waals surface area contributed by atoms with Crippen LogP contribution in [0.15, 0.2) is 36.7 Å². The van der Waals surface area contributed by atoms with E-state index in [1.54, 1.807) is 0 Å². The van der Waals surface area contributed by atoms with Gasteiger partial charge in [-0.15, -0.1) is 0 Å². The van der Waals surface area contributed by atoms with Crippen LogP contribution in [0, 0.1) is 12.7 Å². The minimum Gasteiger partial charge on any atom is -0.368 e. The van der Waals surface area contributed by atoms with E-state index in [-0.39, 0.29) is 30.3 Å². The Kier molecular flexibility index (Phi) is 7.01. The van der Waals surface area contributed by atoms with E-state index in [0.717, 1.165) is 12.1 Å². The van der Waals surface area contributed by atoms with Crippen molar-refractivity contribution in [3.05, 3.63) is 59.6 Å². The number of nitrogens with one attached hydrogen (secondary N) is 1. The van der Waals surface area contributed by atoms with E-state index in [1.165, 1.54) is 41.1 Å². The molecule has 0 saturated carbocycles. The van der Waals surface area contributed by atoms with Crippen molar-refractivity contribution in [2.75, 3.05) is 25.0 Å². The number of alkyl halides is 3. The maximum absolute atomic E-state index is 13.9. The van der Waals surface area contributed by atoms with Gasteiger partial charge < -0.3 is 10.2 Å². The van der Waals surface area contributed by atoms with Gasteiger partial charge in [-0.05, 0) is 31.5 Å². The summed E-state index contributed by atoms with van der Waals surface area (Å²) < 4.78 is 52.8. The molecule has 0 aliphatic rings. The zero-order chi connectivity index (χ0) is 23.3. The fourth-order valence-corrected chi connectivity index (χ4v) is 3.07. The number of aryl methyl sites for hydroxylation is 1. The number of amides is 1. The summed E-state index contributed by atoms with van der Waals surface area (Å²) >= 11 is 0. The molecule has 0 unspecified atom stereocenters. The largest absolute Gasteiger partial charge is 0.433 e. The summed E-state index contributed by atoms with van der Waals surface area (Å²) in [4.78, 5) is 23.2. The number of carbonyl (C=O) groups excluding carboxylic acids is 1. The molecule has 0 fully saturated rings. The summed E-state index contributed by atoms with van der Waals surface area (Å²) in [5.41, 5.74) is -0.659. The molecule has 1 amide bonds. The number of aromatic nitrogens is 5. The summed E-state index contributed by atoms with van der Waals surface area (Å²) in [5.74, 6) is -1.06. The molecular weight excluding hydrogens is 430 g/mol. The second-order valence-electron chi connectivity index (χ2n) is 6.88. The number of hydrogen-bond donors (Lipinski definition) is 1. The van der Waals surface area contributed by atoms with Crippen molar-refractivity contribution < 1.29 is 22.4 Å². The molecule has 2 aromatic heterocycles. The van der Waals surface area contributed by atoms with Crippen molar-refractivity contribution in [2.45, 2.75) is 26.4 Å². The third-order valence-electron chi connectivity index (χ3n) is 4.42. The normalized spacial score (nSPS) is 11.4. The van der Waals surface area contributed by atoms with Gasteiger partial charge in [0, 0.05) is 25.7 Å². The van der Waals surface area contributed by atoms with Crippen LogP contribution in [-0.2, 0) is 6.18 Å². The minimum atomic E-state index is -4.59. The average molecular weight is 451 g/mol. The van der Waals surface area contributed by atoms with Gasteiger partial charge >= 0.3 is 6.18 Å². The SMILES string of the molecule is CCCN(CCNc1cc(C(F)(F)F)nc(C)n1)C(=O)c1cc(F)ccc1-n1nccn1. The maximum Gasteiger partial charge on any atom is 0.433 e. The Morgan fingerprint density at radius 1 is 1.12 bits per heavy atom. The van der Waals surface area contributed by atoms with Gasteiger partial charge in [0.1, 0.15) is 23.2 Å². The molecule has 1 N–H and O–H groups in total. The number of nitrogens with zero attached hydrogens (tertiary/aromatic N) is 6. The zero-order valence-electron chi connectivity index (χ0n) is 17.4. The standard InChI is InChI=1S/C20H21F4N7O/c1-3-9-30(10-8-25-18-12-17(20(22,23)24)28-13(2)29-18)19(32)15-11-14(21)4-5-16(15)31-26-6-7-27-31/h4-7,11-12H,3,8-10H2,1-2H3,(H,25,28,29). The van der Waals surface area contributed by atoms with Gasteiger partial charge in [-0.3, -0.25) is 4.79 Å². The molecule has 0 bridgehead atoms. The van der Waals surface area contributed by atoms with Gasteiger partial charge in [0.15, 0.2) is 0 Å². The smallest absolute Gasteiger partial charge is 0.368 e. The van der Waals surface area contributed by atoms with Crippen LogP contribution in [-0.4, -0.2) is 55.4 Å². The second-order valence-corrected chi connectivity index (χ2v) is 6.88. The summed E-state index contributed by atoms with van der Waals surface area (Å²) in [5, 5.41) is 10.8. The van der Waals surface area contributed by atoms with Crippen LogP contribution in [0.25, 0.3) is 5.69 Å². The highest BCUT2D eigenvalue weighted by Gasteiger charge is 2.33. The van der Waals surface area contributed by atoms with E-state index in [1.807, 2.05) is 6.92 Å². The number of anilines is 1. The van der Waals surface area contributed by atoms with E-state index < -0.39 is 23.6 Å². The average Bonchev–Trinajstić information content (AvgIpc) is 3.26. The molecule has 3 rings (SSSR count). The molecular formula is C20H21F4N7O. The van der Waals surface area contributed by atoms with Gasteiger partial charge in [-0.25, -0.2) is 14.4 Å². The lowest BCUT2D eigenvalue weighted by Crippen LogP contribution is -2.36. The van der Waals surface area contributed by atoms with E-state index in [2.05, 4.69) is 25.5 Å². The first-order chi connectivity index (χ1) is 15.2. The molecule has 3 aromatic rings. The summed E-state index contributed by atoms with van der Waals surface area (Å²) in [7, 11) is 0. The van der Waals surface area contributed by atoms with Crippen LogP contribution < -0.4 is 5.32 Å². The highest BCUT2D eigenvalue weighted by molar-refractivity contribution is 5.97. The van der Waals surface area contributed by atoms with Crippen molar-refractivity contribution in [3.63, 3.8) is 0 Å². The van der Waals surface area contributed by atoms with Crippen molar-refractivity contribution >= 4 is 11.7 Å². The first-order valence-electron chi connectivity index (χ1n) is 9.81. The first-order valence-corrected chi connectivity index (χ1v) is 9.81. The highest BCUT2D eigenvalue weighted by Crippen LogP contribution is 2.28. The van der Waals surface area contributed by atoms with Crippen LogP contribution in [0.3, 0.4) is 0 Å². The topological polar surface area (TPSA) is 88.8 Å². The Hall–Kier alpha value is -3.57. The highest BCUT2D eigenvalue weighted by atomic mass is 19.4. The molecule has 0 saturated heterocycles. The minimum absolute atomic E-state index is 0.000841. The molecule has 0 spiro atoms.